The van der Waals surface area contributed by atoms with Crippen LogP contribution in [-0.2, 0) is 12.8 Å². The largest absolute Gasteiger partial charge is 0.314 e. The molecule has 2 aromatic rings. The third kappa shape index (κ3) is 4.80. The molecule has 0 fully saturated rings. The molecule has 0 radical (unpaired) electrons. The standard InChI is InChI=1S/C17H18BrClFN/c1-2-21-15(10-12-5-3-4-6-16(12)18)11-13-9-14(19)7-8-17(13)20/h3-9,15,21H,2,10-11H2,1H3. The van der Waals surface area contributed by atoms with E-state index in [9.17, 15) is 4.39 Å². The van der Waals surface area contributed by atoms with E-state index in [-0.39, 0.29) is 11.9 Å². The Bertz CT molecular complexity index is 603. The van der Waals surface area contributed by atoms with Crippen LogP contribution in [0.5, 0.6) is 0 Å². The van der Waals surface area contributed by atoms with Crippen molar-refractivity contribution in [2.75, 3.05) is 6.54 Å². The minimum absolute atomic E-state index is 0.168. The number of nitrogens with one attached hydrogen (secondary N) is 1. The summed E-state index contributed by atoms with van der Waals surface area (Å²) in [4.78, 5) is 0. The molecule has 4 heteroatoms. The van der Waals surface area contributed by atoms with Gasteiger partial charge in [0, 0.05) is 15.5 Å². The Morgan fingerprint density at radius 1 is 1.14 bits per heavy atom. The summed E-state index contributed by atoms with van der Waals surface area (Å²) < 4.78 is 15.0. The Labute approximate surface area is 138 Å². The zero-order chi connectivity index (χ0) is 15.2. The first-order chi connectivity index (χ1) is 10.1. The summed E-state index contributed by atoms with van der Waals surface area (Å²) >= 11 is 9.53. The summed E-state index contributed by atoms with van der Waals surface area (Å²) in [5, 5.41) is 3.99. The third-order valence-corrected chi connectivity index (χ3v) is 4.40. The van der Waals surface area contributed by atoms with E-state index in [2.05, 4.69) is 34.2 Å². The molecule has 1 unspecified atom stereocenters. The molecule has 0 saturated carbocycles. The molecule has 2 aromatic carbocycles. The number of hydrogen-bond donors (Lipinski definition) is 1. The molecule has 0 aliphatic carbocycles. The molecule has 2 rings (SSSR count). The van der Waals surface area contributed by atoms with Gasteiger partial charge >= 0.3 is 0 Å². The molecule has 0 saturated heterocycles. The predicted octanol–water partition coefficient (Wildman–Crippen LogP) is 5.00. The fourth-order valence-corrected chi connectivity index (χ4v) is 3.04. The van der Waals surface area contributed by atoms with Crippen LogP contribution in [0.4, 0.5) is 4.39 Å². The first-order valence-corrected chi connectivity index (χ1v) is 8.18. The van der Waals surface area contributed by atoms with Crippen molar-refractivity contribution in [3.05, 3.63) is 68.9 Å². The fourth-order valence-electron chi connectivity index (χ4n) is 2.40. The number of rotatable bonds is 6. The normalized spacial score (nSPS) is 12.4. The highest BCUT2D eigenvalue weighted by Crippen LogP contribution is 2.21. The van der Waals surface area contributed by atoms with Crippen LogP contribution in [0.2, 0.25) is 5.02 Å². The van der Waals surface area contributed by atoms with Gasteiger partial charge in [-0.25, -0.2) is 4.39 Å². The Morgan fingerprint density at radius 2 is 1.86 bits per heavy atom. The minimum atomic E-state index is -0.200. The highest BCUT2D eigenvalue weighted by molar-refractivity contribution is 9.10. The molecule has 0 aliphatic heterocycles. The van der Waals surface area contributed by atoms with Crippen LogP contribution < -0.4 is 5.32 Å². The van der Waals surface area contributed by atoms with Gasteiger partial charge in [0.25, 0.3) is 0 Å². The molecule has 0 bridgehead atoms. The van der Waals surface area contributed by atoms with Crippen LogP contribution >= 0.6 is 27.5 Å². The summed E-state index contributed by atoms with van der Waals surface area (Å²) in [6, 6.07) is 13.0. The topological polar surface area (TPSA) is 12.0 Å². The number of hydrogen-bond acceptors (Lipinski definition) is 1. The Balaban J connectivity index is 2.16. The van der Waals surface area contributed by atoms with E-state index in [4.69, 9.17) is 11.6 Å². The molecule has 0 spiro atoms. The minimum Gasteiger partial charge on any atom is -0.314 e. The lowest BCUT2D eigenvalue weighted by atomic mass is 9.98. The molecule has 0 amide bonds. The van der Waals surface area contributed by atoms with Crippen LogP contribution in [0.1, 0.15) is 18.1 Å². The van der Waals surface area contributed by atoms with E-state index >= 15 is 0 Å². The molecular weight excluding hydrogens is 353 g/mol. The molecule has 0 heterocycles. The van der Waals surface area contributed by atoms with E-state index in [0.29, 0.717) is 17.0 Å². The van der Waals surface area contributed by atoms with Crippen molar-refractivity contribution in [3.8, 4) is 0 Å². The highest BCUT2D eigenvalue weighted by Gasteiger charge is 2.14. The van der Waals surface area contributed by atoms with Gasteiger partial charge < -0.3 is 5.32 Å². The van der Waals surface area contributed by atoms with Crippen LogP contribution in [-0.4, -0.2) is 12.6 Å². The van der Waals surface area contributed by atoms with Gasteiger partial charge in [-0.1, -0.05) is 52.7 Å². The number of benzene rings is 2. The van der Waals surface area contributed by atoms with Crippen LogP contribution in [0.15, 0.2) is 46.9 Å². The van der Waals surface area contributed by atoms with Gasteiger partial charge in [-0.3, -0.25) is 0 Å². The van der Waals surface area contributed by atoms with E-state index in [1.807, 2.05) is 18.2 Å². The SMILES string of the molecule is CCNC(Cc1cc(Cl)ccc1F)Cc1ccccc1Br. The quantitative estimate of drug-likeness (QED) is 0.754. The van der Waals surface area contributed by atoms with Gasteiger partial charge in [0.1, 0.15) is 5.82 Å². The first-order valence-electron chi connectivity index (χ1n) is 7.01. The van der Waals surface area contributed by atoms with Crippen molar-refractivity contribution in [3.63, 3.8) is 0 Å². The number of halogens is 3. The average Bonchev–Trinajstić information content (AvgIpc) is 2.45. The first kappa shape index (κ1) is 16.5. The maximum Gasteiger partial charge on any atom is 0.126 e. The van der Waals surface area contributed by atoms with Crippen molar-refractivity contribution in [1.29, 1.82) is 0 Å². The molecule has 1 atom stereocenters. The lowest BCUT2D eigenvalue weighted by Crippen LogP contribution is -2.33. The third-order valence-electron chi connectivity index (χ3n) is 3.39. The molecule has 0 aliphatic rings. The van der Waals surface area contributed by atoms with E-state index in [1.165, 1.54) is 11.6 Å². The summed E-state index contributed by atoms with van der Waals surface area (Å²) in [5.74, 6) is -0.200. The van der Waals surface area contributed by atoms with Crippen LogP contribution in [0.25, 0.3) is 0 Å². The average molecular weight is 371 g/mol. The second-order valence-electron chi connectivity index (χ2n) is 4.99. The Kier molecular flexibility index (Phi) is 6.22. The van der Waals surface area contributed by atoms with Gasteiger partial charge in [0.2, 0.25) is 0 Å². The van der Waals surface area contributed by atoms with Crippen molar-refractivity contribution in [2.24, 2.45) is 0 Å². The van der Waals surface area contributed by atoms with Crippen molar-refractivity contribution >= 4 is 27.5 Å². The molecule has 21 heavy (non-hydrogen) atoms. The molecular formula is C17H18BrClFN. The van der Waals surface area contributed by atoms with Gasteiger partial charge in [-0.2, -0.15) is 0 Å². The lowest BCUT2D eigenvalue weighted by molar-refractivity contribution is 0.505. The fraction of sp³-hybridized carbons (Fsp3) is 0.294. The second kappa shape index (κ2) is 7.92. The molecule has 1 nitrogen and oxygen atoms in total. The van der Waals surface area contributed by atoms with Gasteiger partial charge in [0.15, 0.2) is 0 Å². The maximum absolute atomic E-state index is 13.9. The summed E-state index contributed by atoms with van der Waals surface area (Å²) in [5.41, 5.74) is 1.87. The van der Waals surface area contributed by atoms with E-state index < -0.39 is 0 Å². The molecule has 0 aromatic heterocycles. The van der Waals surface area contributed by atoms with Crippen molar-refractivity contribution in [2.45, 2.75) is 25.8 Å². The zero-order valence-electron chi connectivity index (χ0n) is 11.9. The van der Waals surface area contributed by atoms with E-state index in [1.54, 1.807) is 12.1 Å². The van der Waals surface area contributed by atoms with Gasteiger partial charge in [0.05, 0.1) is 0 Å². The zero-order valence-corrected chi connectivity index (χ0v) is 14.2. The van der Waals surface area contributed by atoms with Crippen LogP contribution in [0, 0.1) is 5.82 Å². The smallest absolute Gasteiger partial charge is 0.126 e. The monoisotopic (exact) mass is 369 g/mol. The summed E-state index contributed by atoms with van der Waals surface area (Å²) in [6.45, 7) is 2.90. The summed E-state index contributed by atoms with van der Waals surface area (Å²) in [6.07, 6.45) is 1.45. The van der Waals surface area contributed by atoms with Crippen molar-refractivity contribution < 1.29 is 4.39 Å². The molecule has 1 N–H and O–H groups in total. The Hall–Kier alpha value is -0.900. The van der Waals surface area contributed by atoms with Crippen molar-refractivity contribution in [1.82, 2.24) is 5.32 Å². The van der Waals surface area contributed by atoms with E-state index in [0.717, 1.165) is 17.4 Å². The second-order valence-corrected chi connectivity index (χ2v) is 6.28. The Morgan fingerprint density at radius 3 is 2.57 bits per heavy atom. The maximum atomic E-state index is 13.9. The van der Waals surface area contributed by atoms with Crippen LogP contribution in [0.3, 0.4) is 0 Å². The van der Waals surface area contributed by atoms with Gasteiger partial charge in [-0.05, 0) is 54.8 Å². The highest BCUT2D eigenvalue weighted by atomic mass is 79.9. The van der Waals surface area contributed by atoms with Gasteiger partial charge in [-0.15, -0.1) is 0 Å². The summed E-state index contributed by atoms with van der Waals surface area (Å²) in [7, 11) is 0. The number of likely N-dealkylation sites (N-methyl/N-ethyl adjacent to an activating group) is 1. The lowest BCUT2D eigenvalue weighted by Gasteiger charge is -2.19. The molecule has 112 valence electrons. The predicted molar refractivity (Wildman–Crippen MR) is 90.4 cm³/mol.